The number of aryl methyl sites for hydroxylation is 1. The molecule has 0 aliphatic carbocycles. The van der Waals surface area contributed by atoms with Gasteiger partial charge in [0.1, 0.15) is 0 Å². The van der Waals surface area contributed by atoms with Crippen molar-refractivity contribution in [2.24, 2.45) is 0 Å². The lowest BCUT2D eigenvalue weighted by Crippen LogP contribution is -2.61. The molecular weight excluding hydrogens is 1120 g/mol. The van der Waals surface area contributed by atoms with E-state index in [0.29, 0.717) is 0 Å². The lowest BCUT2D eigenvalue weighted by atomic mass is 9.33. The van der Waals surface area contributed by atoms with Crippen LogP contribution in [0.1, 0.15) is 65.2 Å². The zero-order valence-corrected chi connectivity index (χ0v) is 53.8. The zero-order chi connectivity index (χ0) is 62.9. The Morgan fingerprint density at radius 2 is 0.591 bits per heavy atom. The van der Waals surface area contributed by atoms with E-state index in [1.165, 1.54) is 133 Å². The highest BCUT2D eigenvalue weighted by Gasteiger charge is 2.46. The van der Waals surface area contributed by atoms with Gasteiger partial charge >= 0.3 is 0 Å². The molecule has 0 saturated carbocycles. The van der Waals surface area contributed by atoms with Gasteiger partial charge in [-0.15, -0.1) is 0 Å². The molecule has 2 aliphatic heterocycles. The first-order valence-electron chi connectivity index (χ1n) is 33.0. The van der Waals surface area contributed by atoms with E-state index in [1.807, 2.05) is 0 Å². The van der Waals surface area contributed by atoms with Crippen molar-refractivity contribution >= 4 is 101 Å². The monoisotopic (exact) mass is 1190 g/mol. The van der Waals surface area contributed by atoms with Crippen molar-refractivity contribution in [2.45, 2.75) is 65.7 Å². The van der Waals surface area contributed by atoms with Crippen LogP contribution in [-0.2, 0) is 17.3 Å². The molecule has 0 spiro atoms. The van der Waals surface area contributed by atoms with Crippen molar-refractivity contribution < 1.29 is 0 Å². The Labute approximate surface area is 546 Å². The number of rotatable bonds is 9. The van der Waals surface area contributed by atoms with Gasteiger partial charge in [0, 0.05) is 77.9 Å². The Morgan fingerprint density at radius 3 is 0.882 bits per heavy atom. The van der Waals surface area contributed by atoms with Crippen LogP contribution in [0.3, 0.4) is 0 Å². The van der Waals surface area contributed by atoms with Gasteiger partial charge in [0.2, 0.25) is 0 Å². The second kappa shape index (κ2) is 21.6. The summed E-state index contributed by atoms with van der Waals surface area (Å²) in [5.41, 5.74) is 30.6. The first-order valence-corrected chi connectivity index (χ1v) is 33.0. The minimum Gasteiger partial charge on any atom is -0.310 e. The number of hydrogen-bond acceptors (Lipinski definition) is 2. The zero-order valence-electron chi connectivity index (χ0n) is 53.8. The van der Waals surface area contributed by atoms with Crippen LogP contribution in [-0.4, -0.2) is 15.8 Å². The summed E-state index contributed by atoms with van der Waals surface area (Å²) in [5, 5.41) is 4.95. The van der Waals surface area contributed by atoms with Gasteiger partial charge < -0.3 is 18.9 Å². The van der Waals surface area contributed by atoms with E-state index in [-0.39, 0.29) is 17.5 Å². The highest BCUT2D eigenvalue weighted by molar-refractivity contribution is 7.00. The first kappa shape index (κ1) is 56.1. The molecule has 93 heavy (non-hydrogen) atoms. The predicted molar refractivity (Wildman–Crippen MR) is 398 cm³/mol. The highest BCUT2D eigenvalue weighted by Crippen LogP contribution is 2.55. The van der Waals surface area contributed by atoms with Crippen molar-refractivity contribution in [3.63, 3.8) is 0 Å². The lowest BCUT2D eigenvalue weighted by Gasteiger charge is -2.46. The topological polar surface area (TPSA) is 16.3 Å². The van der Waals surface area contributed by atoms with Crippen LogP contribution in [0.4, 0.5) is 34.1 Å². The maximum absolute atomic E-state index is 2.72. The van der Waals surface area contributed by atoms with Crippen LogP contribution in [0.25, 0.3) is 99.5 Å². The number of aromatic nitrogens is 2. The number of fused-ring (bicyclic) bond motifs is 10. The van der Waals surface area contributed by atoms with Crippen LogP contribution >= 0.6 is 0 Å². The number of benzene rings is 13. The summed E-state index contributed by atoms with van der Waals surface area (Å²) in [7, 11) is 0. The van der Waals surface area contributed by atoms with Crippen LogP contribution in [0.15, 0.2) is 291 Å². The Kier molecular flexibility index (Phi) is 13.1. The molecule has 0 atom stereocenters. The Bertz CT molecular complexity index is 4890. The molecule has 0 bridgehead atoms. The number of para-hydroxylation sites is 4. The number of anilines is 6. The predicted octanol–water partition coefficient (Wildman–Crippen LogP) is 21.8. The van der Waals surface area contributed by atoms with Crippen molar-refractivity contribution in [3.8, 4) is 55.9 Å². The quantitative estimate of drug-likeness (QED) is 0.134. The van der Waals surface area contributed by atoms with E-state index in [9.17, 15) is 0 Å². The standard InChI is InChI=1S/C88H71BN4/c1-8-57-49-82-84-83(50-57)93(86-72(60-33-17-11-18-34-60)53-63(88(5,6)7)54-73(86)61-35-19-12-20-36-61)81-56-65(91-78-43-27-23-39-68(78)69-40-24-28-44-79(69)91)46-48-75(81)89(84)74-47-45-64(90-76-41-25-21-37-66(76)67-38-22-26-42-77(67)90)55-80(74)92(82)85-70(58-29-13-9-14-30-58)51-62(87(2,3)4)52-71(85)59-31-15-10-16-32-59/h9-56H,8H2,1-7H3. The Morgan fingerprint density at radius 1 is 0.301 bits per heavy atom. The smallest absolute Gasteiger partial charge is 0.252 e. The number of nitrogens with zero attached hydrogens (tertiary/aromatic N) is 4. The lowest BCUT2D eigenvalue weighted by molar-refractivity contribution is 0.590. The fourth-order valence-electron chi connectivity index (χ4n) is 15.4. The molecular formula is C88H71BN4. The van der Waals surface area contributed by atoms with Gasteiger partial charge in [0.05, 0.1) is 33.4 Å². The molecule has 13 aromatic carbocycles. The van der Waals surface area contributed by atoms with Crippen molar-refractivity contribution in [1.82, 2.24) is 9.13 Å². The third-order valence-corrected chi connectivity index (χ3v) is 19.9. The first-order chi connectivity index (χ1) is 45.4. The van der Waals surface area contributed by atoms with Gasteiger partial charge in [-0.1, -0.05) is 255 Å². The molecule has 446 valence electrons. The van der Waals surface area contributed by atoms with Gasteiger partial charge in [0.15, 0.2) is 0 Å². The molecule has 0 saturated heterocycles. The summed E-state index contributed by atoms with van der Waals surface area (Å²) < 4.78 is 4.99. The van der Waals surface area contributed by atoms with E-state index < -0.39 is 0 Å². The van der Waals surface area contributed by atoms with E-state index in [4.69, 9.17) is 0 Å². The maximum Gasteiger partial charge on any atom is 0.252 e. The molecule has 5 heteroatoms. The van der Waals surface area contributed by atoms with Gasteiger partial charge in [-0.25, -0.2) is 0 Å². The molecule has 4 heterocycles. The molecule has 17 rings (SSSR count). The van der Waals surface area contributed by atoms with Crippen LogP contribution < -0.4 is 26.2 Å². The Balaban J connectivity index is 1.06. The van der Waals surface area contributed by atoms with Gasteiger partial charge in [-0.2, -0.15) is 0 Å². The summed E-state index contributed by atoms with van der Waals surface area (Å²) in [6.45, 7) is 16.3. The fourth-order valence-corrected chi connectivity index (χ4v) is 15.4. The molecule has 2 aliphatic rings. The maximum atomic E-state index is 2.72. The number of hydrogen-bond donors (Lipinski definition) is 0. The second-order valence-corrected chi connectivity index (χ2v) is 27.5. The fraction of sp³-hybridized carbons (Fsp3) is 0.114. The molecule has 15 aromatic rings. The molecule has 0 fully saturated rings. The summed E-state index contributed by atoms with van der Waals surface area (Å²) >= 11 is 0. The van der Waals surface area contributed by atoms with E-state index in [0.717, 1.165) is 40.5 Å². The van der Waals surface area contributed by atoms with Gasteiger partial charge in [-0.3, -0.25) is 0 Å². The molecule has 2 aromatic heterocycles. The van der Waals surface area contributed by atoms with Gasteiger partial charge in [-0.05, 0) is 158 Å². The average molecular weight is 1200 g/mol. The second-order valence-electron chi connectivity index (χ2n) is 27.5. The van der Waals surface area contributed by atoms with E-state index >= 15 is 0 Å². The molecule has 0 N–H and O–H groups in total. The Hall–Kier alpha value is -10.9. The molecule has 0 unspecified atom stereocenters. The average Bonchev–Trinajstić information content (AvgIpc) is 1.20. The third-order valence-electron chi connectivity index (χ3n) is 19.9. The SMILES string of the molecule is CCc1cc2c3c(c1)N(c1c(-c4ccccc4)cc(C(C)(C)C)cc1-c1ccccc1)c1cc(-n4c5ccccc5c5ccccc54)ccc1B3c1ccc(-n3c4ccccc4c4ccccc43)cc1N2c1c(-c2ccccc2)cc(C(C)(C)C)cc1-c1ccccc1. The minimum absolute atomic E-state index is 0.167. The highest BCUT2D eigenvalue weighted by atomic mass is 15.2. The van der Waals surface area contributed by atoms with Crippen LogP contribution in [0.2, 0.25) is 0 Å². The van der Waals surface area contributed by atoms with E-state index in [1.54, 1.807) is 0 Å². The molecule has 4 nitrogen and oxygen atoms in total. The molecule has 0 amide bonds. The van der Waals surface area contributed by atoms with Crippen LogP contribution in [0, 0.1) is 0 Å². The third kappa shape index (κ3) is 9.03. The van der Waals surface area contributed by atoms with Crippen molar-refractivity contribution in [2.75, 3.05) is 9.80 Å². The summed E-state index contributed by atoms with van der Waals surface area (Å²) in [6.07, 6.45) is 0.815. The summed E-state index contributed by atoms with van der Waals surface area (Å²) in [6, 6.07) is 110. The largest absolute Gasteiger partial charge is 0.310 e. The summed E-state index contributed by atoms with van der Waals surface area (Å²) in [4.78, 5) is 5.43. The summed E-state index contributed by atoms with van der Waals surface area (Å²) in [5.74, 6) is 0. The van der Waals surface area contributed by atoms with E-state index in [2.05, 4.69) is 359 Å². The van der Waals surface area contributed by atoms with Crippen LogP contribution in [0.5, 0.6) is 0 Å². The normalized spacial score (nSPS) is 12.9. The van der Waals surface area contributed by atoms with Crippen molar-refractivity contribution in [3.05, 3.63) is 308 Å². The molecule has 0 radical (unpaired) electrons. The van der Waals surface area contributed by atoms with Crippen molar-refractivity contribution in [1.29, 1.82) is 0 Å². The van der Waals surface area contributed by atoms with Gasteiger partial charge in [0.25, 0.3) is 6.71 Å². The minimum atomic E-state index is -0.193.